The molecule has 0 radical (unpaired) electrons. The van der Waals surface area contributed by atoms with Gasteiger partial charge in [-0.3, -0.25) is 4.79 Å². The van der Waals surface area contributed by atoms with E-state index in [0.717, 1.165) is 18.9 Å². The summed E-state index contributed by atoms with van der Waals surface area (Å²) in [6, 6.07) is 5.46. The van der Waals surface area contributed by atoms with Gasteiger partial charge >= 0.3 is 6.36 Å². The van der Waals surface area contributed by atoms with E-state index >= 15 is 0 Å². The molecular weight excluding hydrogens is 299 g/mol. The molecule has 22 heavy (non-hydrogen) atoms. The zero-order valence-electron chi connectivity index (χ0n) is 11.9. The average molecular weight is 315 g/mol. The van der Waals surface area contributed by atoms with Gasteiger partial charge in [-0.05, 0) is 25.0 Å². The molecule has 2 aliphatic heterocycles. The summed E-state index contributed by atoms with van der Waals surface area (Å²) in [4.78, 5) is 14.1. The summed E-state index contributed by atoms with van der Waals surface area (Å²) in [5, 5.41) is 0. The number of alkyl halides is 3. The minimum absolute atomic E-state index is 0.0323. The minimum Gasteiger partial charge on any atom is -0.405 e. The molecule has 1 atom stereocenters. The van der Waals surface area contributed by atoms with Crippen LogP contribution in [-0.2, 0) is 4.74 Å². The first-order valence-electron chi connectivity index (χ1n) is 7.10. The average Bonchev–Trinajstić information content (AvgIpc) is 3.08. The zero-order chi connectivity index (χ0) is 15.8. The Balaban J connectivity index is 1.78. The van der Waals surface area contributed by atoms with Gasteiger partial charge in [0.25, 0.3) is 5.91 Å². The Morgan fingerprint density at radius 1 is 1.27 bits per heavy atom. The number of rotatable bonds is 2. The van der Waals surface area contributed by atoms with E-state index in [1.54, 1.807) is 4.90 Å². The van der Waals surface area contributed by atoms with Crippen molar-refractivity contribution < 1.29 is 27.4 Å². The highest BCUT2D eigenvalue weighted by Crippen LogP contribution is 2.39. The van der Waals surface area contributed by atoms with E-state index in [9.17, 15) is 18.0 Å². The molecule has 1 aromatic rings. The first-order chi connectivity index (χ1) is 10.4. The first kappa shape index (κ1) is 15.1. The van der Waals surface area contributed by atoms with Gasteiger partial charge in [0.05, 0.1) is 12.2 Å². The molecule has 4 nitrogen and oxygen atoms in total. The molecule has 0 bridgehead atoms. The molecule has 0 aliphatic carbocycles. The van der Waals surface area contributed by atoms with Crippen molar-refractivity contribution in [3.63, 3.8) is 0 Å². The highest BCUT2D eigenvalue weighted by molar-refractivity contribution is 5.97. The van der Waals surface area contributed by atoms with Crippen molar-refractivity contribution in [2.45, 2.75) is 19.2 Å². The second-order valence-corrected chi connectivity index (χ2v) is 5.82. The van der Waals surface area contributed by atoms with E-state index in [4.69, 9.17) is 4.74 Å². The molecule has 2 fully saturated rings. The van der Waals surface area contributed by atoms with Crippen LogP contribution >= 0.6 is 0 Å². The second-order valence-electron chi connectivity index (χ2n) is 5.82. The van der Waals surface area contributed by atoms with Gasteiger partial charge in [0.2, 0.25) is 0 Å². The Morgan fingerprint density at radius 3 is 2.73 bits per heavy atom. The molecular formula is C15H16F3NO3. The lowest BCUT2D eigenvalue weighted by Crippen LogP contribution is -2.33. The molecule has 3 rings (SSSR count). The third-order valence-electron chi connectivity index (χ3n) is 4.25. The topological polar surface area (TPSA) is 38.8 Å². The summed E-state index contributed by atoms with van der Waals surface area (Å²) in [5.41, 5.74) is -0.0917. The number of benzene rings is 1. The van der Waals surface area contributed by atoms with Crippen molar-refractivity contribution in [2.24, 2.45) is 5.41 Å². The Labute approximate surface area is 125 Å². The highest BCUT2D eigenvalue weighted by atomic mass is 19.4. The van der Waals surface area contributed by atoms with Gasteiger partial charge in [-0.2, -0.15) is 0 Å². The first-order valence-corrected chi connectivity index (χ1v) is 7.10. The summed E-state index contributed by atoms with van der Waals surface area (Å²) in [5.74, 6) is -0.882. The van der Waals surface area contributed by atoms with E-state index in [2.05, 4.69) is 4.74 Å². The Kier molecular flexibility index (Phi) is 3.76. The number of amides is 1. The van der Waals surface area contributed by atoms with E-state index in [-0.39, 0.29) is 11.0 Å². The van der Waals surface area contributed by atoms with Crippen LogP contribution in [0.1, 0.15) is 23.2 Å². The predicted octanol–water partition coefficient (Wildman–Crippen LogP) is 2.84. The van der Waals surface area contributed by atoms with E-state index < -0.39 is 18.0 Å². The number of carbonyl (C=O) groups is 1. The van der Waals surface area contributed by atoms with Crippen LogP contribution in [0.2, 0.25) is 0 Å². The fourth-order valence-electron chi connectivity index (χ4n) is 3.11. The van der Waals surface area contributed by atoms with Gasteiger partial charge in [-0.15, -0.1) is 13.2 Å². The zero-order valence-corrected chi connectivity index (χ0v) is 11.9. The summed E-state index contributed by atoms with van der Waals surface area (Å²) in [6.45, 7) is 2.34. The maximum absolute atomic E-state index is 12.5. The summed E-state index contributed by atoms with van der Waals surface area (Å²) in [7, 11) is 0. The third kappa shape index (κ3) is 3.04. The van der Waals surface area contributed by atoms with Crippen LogP contribution in [0.3, 0.4) is 0 Å². The van der Waals surface area contributed by atoms with Gasteiger partial charge in [-0.25, -0.2) is 0 Å². The van der Waals surface area contributed by atoms with Gasteiger partial charge < -0.3 is 14.4 Å². The molecule has 7 heteroatoms. The maximum atomic E-state index is 12.5. The van der Waals surface area contributed by atoms with E-state index in [1.807, 2.05) is 0 Å². The lowest BCUT2D eigenvalue weighted by atomic mass is 9.87. The Bertz CT molecular complexity index is 567. The van der Waals surface area contributed by atoms with Crippen molar-refractivity contribution in [3.8, 4) is 5.75 Å². The fourth-order valence-corrected chi connectivity index (χ4v) is 3.11. The Morgan fingerprint density at radius 2 is 2.05 bits per heavy atom. The van der Waals surface area contributed by atoms with Gasteiger partial charge in [0, 0.05) is 25.1 Å². The van der Waals surface area contributed by atoms with Gasteiger partial charge in [-0.1, -0.05) is 12.1 Å². The summed E-state index contributed by atoms with van der Waals surface area (Å²) in [6.07, 6.45) is -3.11. The number of nitrogens with zero attached hydrogens (tertiary/aromatic N) is 1. The molecule has 2 aliphatic rings. The fraction of sp³-hybridized carbons (Fsp3) is 0.533. The molecule has 1 spiro atoms. The monoisotopic (exact) mass is 315 g/mol. The molecule has 120 valence electrons. The minimum atomic E-state index is -4.82. The lowest BCUT2D eigenvalue weighted by molar-refractivity contribution is -0.274. The number of hydrogen-bond acceptors (Lipinski definition) is 3. The normalized spacial score (nSPS) is 25.0. The summed E-state index contributed by atoms with van der Waals surface area (Å²) < 4.78 is 46.7. The largest absolute Gasteiger partial charge is 0.573 e. The van der Waals surface area contributed by atoms with Crippen LogP contribution in [0.4, 0.5) is 13.2 Å². The number of likely N-dealkylation sites (tertiary alicyclic amines) is 1. The predicted molar refractivity (Wildman–Crippen MR) is 71.5 cm³/mol. The third-order valence-corrected chi connectivity index (χ3v) is 4.25. The van der Waals surface area contributed by atoms with Crippen molar-refractivity contribution in [3.05, 3.63) is 29.8 Å². The molecule has 1 unspecified atom stereocenters. The van der Waals surface area contributed by atoms with Crippen LogP contribution in [0.15, 0.2) is 24.3 Å². The van der Waals surface area contributed by atoms with E-state index in [0.29, 0.717) is 26.3 Å². The molecule has 2 saturated heterocycles. The molecule has 0 saturated carbocycles. The SMILES string of the molecule is O=C(c1ccccc1OC(F)(F)F)N1CCC2(CCOC2)C1. The number of hydrogen-bond donors (Lipinski definition) is 0. The number of carbonyl (C=O) groups excluding carboxylic acids is 1. The maximum Gasteiger partial charge on any atom is 0.573 e. The smallest absolute Gasteiger partial charge is 0.405 e. The quantitative estimate of drug-likeness (QED) is 0.842. The van der Waals surface area contributed by atoms with Gasteiger partial charge in [0.1, 0.15) is 5.75 Å². The Hall–Kier alpha value is -1.76. The van der Waals surface area contributed by atoms with Crippen molar-refractivity contribution >= 4 is 5.91 Å². The van der Waals surface area contributed by atoms with Crippen LogP contribution in [0.25, 0.3) is 0 Å². The van der Waals surface area contributed by atoms with Crippen LogP contribution in [0.5, 0.6) is 5.75 Å². The van der Waals surface area contributed by atoms with E-state index in [1.165, 1.54) is 18.2 Å². The van der Waals surface area contributed by atoms with Crippen LogP contribution in [-0.4, -0.2) is 43.5 Å². The molecule has 2 heterocycles. The van der Waals surface area contributed by atoms with Crippen LogP contribution < -0.4 is 4.74 Å². The second kappa shape index (κ2) is 5.46. The van der Waals surface area contributed by atoms with Crippen molar-refractivity contribution in [1.29, 1.82) is 0 Å². The number of halogens is 3. The van der Waals surface area contributed by atoms with Gasteiger partial charge in [0.15, 0.2) is 0 Å². The summed E-state index contributed by atoms with van der Waals surface area (Å²) >= 11 is 0. The molecule has 1 amide bonds. The number of ether oxygens (including phenoxy) is 2. The standard InChI is InChI=1S/C15H16F3NO3/c16-15(17,18)22-12-4-2-1-3-11(12)13(20)19-7-5-14(9-19)6-8-21-10-14/h1-4H,5-10H2. The molecule has 1 aromatic carbocycles. The number of para-hydroxylation sites is 1. The van der Waals surface area contributed by atoms with Crippen molar-refractivity contribution in [1.82, 2.24) is 4.90 Å². The molecule has 0 aromatic heterocycles. The lowest BCUT2D eigenvalue weighted by Gasteiger charge is -2.23. The van der Waals surface area contributed by atoms with Crippen molar-refractivity contribution in [2.75, 3.05) is 26.3 Å². The molecule has 0 N–H and O–H groups in total. The van der Waals surface area contributed by atoms with Crippen LogP contribution in [0, 0.1) is 5.41 Å². The highest BCUT2D eigenvalue weighted by Gasteiger charge is 2.43.